The predicted octanol–water partition coefficient (Wildman–Crippen LogP) is 2.45. The second kappa shape index (κ2) is 5.83. The Morgan fingerprint density at radius 3 is 2.72 bits per heavy atom. The number of pyridine rings is 1. The van der Waals surface area contributed by atoms with E-state index in [1.165, 1.54) is 12.8 Å². The second-order valence-electron chi connectivity index (χ2n) is 5.00. The number of nitriles is 1. The summed E-state index contributed by atoms with van der Waals surface area (Å²) in [6.07, 6.45) is 7.85. The van der Waals surface area contributed by atoms with Crippen LogP contribution in [0.25, 0.3) is 0 Å². The summed E-state index contributed by atoms with van der Waals surface area (Å²) >= 11 is 0. The first-order valence-electron chi connectivity index (χ1n) is 6.55. The summed E-state index contributed by atoms with van der Waals surface area (Å²) in [7, 11) is 0. The molecule has 1 fully saturated rings. The minimum Gasteiger partial charge on any atom is -0.388 e. The predicted molar refractivity (Wildman–Crippen MR) is 70.1 cm³/mol. The molecule has 1 aliphatic rings. The third kappa shape index (κ3) is 3.21. The number of aromatic nitrogens is 1. The normalized spacial score (nSPS) is 18.7. The zero-order valence-electron chi connectivity index (χ0n) is 10.5. The molecular weight excluding hydrogens is 226 g/mol. The number of rotatable bonds is 3. The van der Waals surface area contributed by atoms with E-state index in [4.69, 9.17) is 5.26 Å². The van der Waals surface area contributed by atoms with Crippen molar-refractivity contribution in [3.05, 3.63) is 24.0 Å². The van der Waals surface area contributed by atoms with Crippen LogP contribution in [0.2, 0.25) is 0 Å². The van der Waals surface area contributed by atoms with Crippen LogP contribution in [0.3, 0.4) is 0 Å². The Morgan fingerprint density at radius 1 is 1.33 bits per heavy atom. The second-order valence-corrected chi connectivity index (χ2v) is 5.00. The molecule has 96 valence electrons. The number of aliphatic hydroxyl groups is 1. The molecule has 0 amide bonds. The fraction of sp³-hybridized carbons (Fsp3) is 0.571. The molecule has 4 heteroatoms. The van der Waals surface area contributed by atoms with Crippen molar-refractivity contribution in [3.63, 3.8) is 0 Å². The molecule has 1 aromatic rings. The van der Waals surface area contributed by atoms with Gasteiger partial charge in [-0.05, 0) is 25.0 Å². The first-order valence-corrected chi connectivity index (χ1v) is 6.55. The third-order valence-electron chi connectivity index (χ3n) is 3.56. The highest BCUT2D eigenvalue weighted by Crippen LogP contribution is 2.27. The maximum atomic E-state index is 10.5. The van der Waals surface area contributed by atoms with Crippen LogP contribution in [0.15, 0.2) is 18.3 Å². The molecule has 4 nitrogen and oxygen atoms in total. The van der Waals surface area contributed by atoms with E-state index >= 15 is 0 Å². The fourth-order valence-electron chi connectivity index (χ4n) is 2.46. The Hall–Kier alpha value is -1.60. The summed E-state index contributed by atoms with van der Waals surface area (Å²) in [6, 6.07) is 5.67. The van der Waals surface area contributed by atoms with E-state index in [9.17, 15) is 5.11 Å². The number of hydrogen-bond donors (Lipinski definition) is 2. The number of nitrogens with one attached hydrogen (secondary N) is 1. The van der Waals surface area contributed by atoms with Gasteiger partial charge < -0.3 is 10.4 Å². The molecule has 2 N–H and O–H groups in total. The van der Waals surface area contributed by atoms with Crippen molar-refractivity contribution in [2.45, 2.75) is 44.1 Å². The lowest BCUT2D eigenvalue weighted by atomic mass is 9.94. The van der Waals surface area contributed by atoms with E-state index in [1.54, 1.807) is 12.3 Å². The highest BCUT2D eigenvalue weighted by atomic mass is 16.3. The highest BCUT2D eigenvalue weighted by molar-refractivity contribution is 5.53. The van der Waals surface area contributed by atoms with Crippen molar-refractivity contribution in [1.29, 1.82) is 5.26 Å². The molecule has 0 bridgehead atoms. The third-order valence-corrected chi connectivity index (χ3v) is 3.56. The quantitative estimate of drug-likeness (QED) is 0.803. The molecule has 0 unspecified atom stereocenters. The molecule has 1 aliphatic carbocycles. The van der Waals surface area contributed by atoms with Crippen LogP contribution in [0.5, 0.6) is 0 Å². The summed E-state index contributed by atoms with van der Waals surface area (Å²) in [5.74, 6) is 0. The van der Waals surface area contributed by atoms with E-state index in [0.29, 0.717) is 17.9 Å². The monoisotopic (exact) mass is 245 g/mol. The van der Waals surface area contributed by atoms with Crippen LogP contribution >= 0.6 is 0 Å². The van der Waals surface area contributed by atoms with Crippen molar-refractivity contribution in [3.8, 4) is 6.07 Å². The van der Waals surface area contributed by atoms with Gasteiger partial charge in [0.1, 0.15) is 6.07 Å². The Morgan fingerprint density at radius 2 is 2.06 bits per heavy atom. The highest BCUT2D eigenvalue weighted by Gasteiger charge is 2.27. The number of anilines is 1. The van der Waals surface area contributed by atoms with Crippen LogP contribution in [-0.2, 0) is 0 Å². The average molecular weight is 245 g/mol. The summed E-state index contributed by atoms with van der Waals surface area (Å²) in [5, 5.41) is 22.6. The van der Waals surface area contributed by atoms with Gasteiger partial charge in [-0.25, -0.2) is 4.98 Å². The molecule has 0 aromatic carbocycles. The number of hydrogen-bond acceptors (Lipinski definition) is 4. The Balaban J connectivity index is 2.00. The zero-order chi connectivity index (χ0) is 12.8. The molecule has 1 saturated carbocycles. The van der Waals surface area contributed by atoms with Crippen LogP contribution in [0, 0.1) is 11.3 Å². The Labute approximate surface area is 108 Å². The van der Waals surface area contributed by atoms with Crippen LogP contribution < -0.4 is 5.32 Å². The summed E-state index contributed by atoms with van der Waals surface area (Å²) in [4.78, 5) is 4.00. The first kappa shape index (κ1) is 12.8. The smallest absolute Gasteiger partial charge is 0.163 e. The Kier molecular flexibility index (Phi) is 4.16. The van der Waals surface area contributed by atoms with Gasteiger partial charge in [-0.1, -0.05) is 25.7 Å². The molecule has 0 saturated heterocycles. The number of nitrogens with zero attached hydrogens (tertiary/aromatic N) is 2. The van der Waals surface area contributed by atoms with E-state index in [1.807, 2.05) is 6.07 Å². The largest absolute Gasteiger partial charge is 0.388 e. The van der Waals surface area contributed by atoms with Gasteiger partial charge in [-0.15, -0.1) is 0 Å². The molecule has 18 heavy (non-hydrogen) atoms. The summed E-state index contributed by atoms with van der Waals surface area (Å²) < 4.78 is 0. The first-order chi connectivity index (χ1) is 8.73. The average Bonchev–Trinajstić information content (AvgIpc) is 2.62. The van der Waals surface area contributed by atoms with Gasteiger partial charge in [0, 0.05) is 12.7 Å². The van der Waals surface area contributed by atoms with Crippen LogP contribution in [0.4, 0.5) is 5.69 Å². The van der Waals surface area contributed by atoms with Crippen molar-refractivity contribution in [2.75, 3.05) is 11.9 Å². The van der Waals surface area contributed by atoms with Gasteiger partial charge >= 0.3 is 0 Å². The molecule has 1 heterocycles. The SMILES string of the molecule is N#Cc1ncccc1NCC1(O)CCCCCC1. The van der Waals surface area contributed by atoms with Gasteiger partial charge in [0.25, 0.3) is 0 Å². The van der Waals surface area contributed by atoms with E-state index in [-0.39, 0.29) is 0 Å². The van der Waals surface area contributed by atoms with Gasteiger partial charge in [-0.3, -0.25) is 0 Å². The van der Waals surface area contributed by atoms with Crippen molar-refractivity contribution in [1.82, 2.24) is 4.98 Å². The van der Waals surface area contributed by atoms with Crippen LogP contribution in [-0.4, -0.2) is 22.2 Å². The van der Waals surface area contributed by atoms with E-state index in [2.05, 4.69) is 16.4 Å². The van der Waals surface area contributed by atoms with Crippen LogP contribution in [0.1, 0.15) is 44.2 Å². The van der Waals surface area contributed by atoms with E-state index < -0.39 is 5.60 Å². The maximum Gasteiger partial charge on any atom is 0.163 e. The molecule has 0 atom stereocenters. The molecular formula is C14H19N3O. The molecule has 1 aromatic heterocycles. The fourth-order valence-corrected chi connectivity index (χ4v) is 2.46. The van der Waals surface area contributed by atoms with E-state index in [0.717, 1.165) is 25.7 Å². The zero-order valence-corrected chi connectivity index (χ0v) is 10.5. The summed E-state index contributed by atoms with van der Waals surface area (Å²) in [5.41, 5.74) is 0.450. The lowest BCUT2D eigenvalue weighted by molar-refractivity contribution is 0.0381. The van der Waals surface area contributed by atoms with Gasteiger partial charge in [0.05, 0.1) is 11.3 Å². The standard InChI is InChI=1S/C14H19N3O/c15-10-13-12(6-5-9-16-13)17-11-14(18)7-3-1-2-4-8-14/h5-6,9,17-18H,1-4,7-8,11H2. The van der Waals surface area contributed by atoms with Gasteiger partial charge in [0.2, 0.25) is 0 Å². The van der Waals surface area contributed by atoms with Crippen molar-refractivity contribution in [2.24, 2.45) is 0 Å². The van der Waals surface area contributed by atoms with Gasteiger partial charge in [0.15, 0.2) is 5.69 Å². The molecule has 0 radical (unpaired) electrons. The van der Waals surface area contributed by atoms with Crippen molar-refractivity contribution >= 4 is 5.69 Å². The van der Waals surface area contributed by atoms with Gasteiger partial charge in [-0.2, -0.15) is 5.26 Å². The van der Waals surface area contributed by atoms with Crippen molar-refractivity contribution < 1.29 is 5.11 Å². The Bertz CT molecular complexity index is 431. The lowest BCUT2D eigenvalue weighted by Crippen LogP contribution is -2.36. The molecule has 2 rings (SSSR count). The lowest BCUT2D eigenvalue weighted by Gasteiger charge is -2.27. The molecule has 0 aliphatic heterocycles. The molecule has 0 spiro atoms. The topological polar surface area (TPSA) is 68.9 Å². The maximum absolute atomic E-state index is 10.5. The minimum atomic E-state index is -0.640. The summed E-state index contributed by atoms with van der Waals surface area (Å²) in [6.45, 7) is 0.493. The minimum absolute atomic E-state index is 0.384.